The number of nitrogens with zero attached hydrogens (tertiary/aromatic N) is 1. The Balaban J connectivity index is 2.21. The summed E-state index contributed by atoms with van der Waals surface area (Å²) >= 11 is 0. The zero-order chi connectivity index (χ0) is 18.0. The minimum Gasteiger partial charge on any atom is -0.495 e. The van der Waals surface area contributed by atoms with Crippen molar-refractivity contribution in [3.63, 3.8) is 0 Å². The third-order valence-electron chi connectivity index (χ3n) is 4.68. The molecule has 0 spiro atoms. The lowest BCUT2D eigenvalue weighted by atomic mass is 9.88. The van der Waals surface area contributed by atoms with Crippen molar-refractivity contribution in [2.24, 2.45) is 0 Å². The van der Waals surface area contributed by atoms with Crippen molar-refractivity contribution in [1.82, 2.24) is 9.62 Å². The average Bonchev–Trinajstić information content (AvgIpc) is 2.83. The Bertz CT molecular complexity index is 848. The van der Waals surface area contributed by atoms with E-state index in [1.54, 1.807) is 6.07 Å². The molecule has 2 aromatic rings. The second kappa shape index (κ2) is 7.15. The highest BCUT2D eigenvalue weighted by molar-refractivity contribution is 7.89. The van der Waals surface area contributed by atoms with Gasteiger partial charge < -0.3 is 10.1 Å². The molecular weight excluding hydrogens is 336 g/mol. The second-order valence-corrected chi connectivity index (χ2v) is 8.53. The average molecular weight is 360 g/mol. The van der Waals surface area contributed by atoms with Crippen LogP contribution in [0.5, 0.6) is 5.75 Å². The van der Waals surface area contributed by atoms with Crippen molar-refractivity contribution in [3.8, 4) is 5.75 Å². The molecular formula is C19H24N2O3S. The molecule has 0 radical (unpaired) electrons. The van der Waals surface area contributed by atoms with Gasteiger partial charge in [-0.2, -0.15) is 0 Å². The van der Waals surface area contributed by atoms with Gasteiger partial charge in [-0.3, -0.25) is 0 Å². The standard InChI is InChI=1S/C19H24N2O3S/c1-21(2)25(22,23)19-12-16-15(11-18(19)24-3)9-10-20-13-17(16)14-7-5-4-6-8-14/h4-8,11-12,17,20H,9-10,13H2,1-3H3. The molecule has 0 aromatic heterocycles. The Kier molecular flexibility index (Phi) is 5.13. The van der Waals surface area contributed by atoms with Gasteiger partial charge in [-0.15, -0.1) is 0 Å². The van der Waals surface area contributed by atoms with E-state index < -0.39 is 10.0 Å². The van der Waals surface area contributed by atoms with Crippen LogP contribution in [-0.2, 0) is 16.4 Å². The van der Waals surface area contributed by atoms with E-state index in [0.29, 0.717) is 5.75 Å². The van der Waals surface area contributed by atoms with Crippen LogP contribution in [0.2, 0.25) is 0 Å². The van der Waals surface area contributed by atoms with Crippen LogP contribution in [0.15, 0.2) is 47.4 Å². The van der Waals surface area contributed by atoms with Gasteiger partial charge in [-0.25, -0.2) is 12.7 Å². The van der Waals surface area contributed by atoms with Gasteiger partial charge >= 0.3 is 0 Å². The van der Waals surface area contributed by atoms with Crippen molar-refractivity contribution in [2.75, 3.05) is 34.3 Å². The molecule has 0 bridgehead atoms. The van der Waals surface area contributed by atoms with Gasteiger partial charge in [0.25, 0.3) is 0 Å². The summed E-state index contributed by atoms with van der Waals surface area (Å²) in [6.07, 6.45) is 0.845. The number of methoxy groups -OCH3 is 1. The molecule has 0 fully saturated rings. The van der Waals surface area contributed by atoms with Gasteiger partial charge in [0, 0.05) is 26.6 Å². The fourth-order valence-corrected chi connectivity index (χ4v) is 4.34. The Morgan fingerprint density at radius 2 is 1.88 bits per heavy atom. The first-order valence-corrected chi connectivity index (χ1v) is 9.78. The summed E-state index contributed by atoms with van der Waals surface area (Å²) in [4.78, 5) is 0.224. The number of sulfonamides is 1. The quantitative estimate of drug-likeness (QED) is 0.908. The molecule has 1 atom stereocenters. The zero-order valence-electron chi connectivity index (χ0n) is 14.8. The SMILES string of the molecule is COc1cc2c(cc1S(=O)(=O)N(C)C)C(c1ccccc1)CNCC2. The molecule has 2 aromatic carbocycles. The smallest absolute Gasteiger partial charge is 0.246 e. The van der Waals surface area contributed by atoms with Gasteiger partial charge in [0.15, 0.2) is 0 Å². The van der Waals surface area contributed by atoms with E-state index in [9.17, 15) is 8.42 Å². The number of rotatable bonds is 4. The van der Waals surface area contributed by atoms with E-state index in [2.05, 4.69) is 17.4 Å². The molecule has 0 saturated heterocycles. The normalized spacial score (nSPS) is 17.8. The molecule has 0 amide bonds. The summed E-state index contributed by atoms with van der Waals surface area (Å²) in [5.41, 5.74) is 3.36. The molecule has 25 heavy (non-hydrogen) atoms. The summed E-state index contributed by atoms with van der Waals surface area (Å²) in [5.74, 6) is 0.516. The number of nitrogens with one attached hydrogen (secondary N) is 1. The maximum absolute atomic E-state index is 12.8. The van der Waals surface area contributed by atoms with Crippen molar-refractivity contribution in [2.45, 2.75) is 17.2 Å². The molecule has 5 nitrogen and oxygen atoms in total. The number of ether oxygens (including phenoxy) is 1. The topological polar surface area (TPSA) is 58.6 Å². The summed E-state index contributed by atoms with van der Waals surface area (Å²) in [6, 6.07) is 13.9. The summed E-state index contributed by atoms with van der Waals surface area (Å²) < 4.78 is 32.1. The van der Waals surface area contributed by atoms with Gasteiger partial charge in [-0.05, 0) is 41.8 Å². The van der Waals surface area contributed by atoms with E-state index in [1.807, 2.05) is 24.3 Å². The largest absolute Gasteiger partial charge is 0.495 e. The van der Waals surface area contributed by atoms with E-state index >= 15 is 0 Å². The molecule has 0 saturated carbocycles. The number of hydrogen-bond acceptors (Lipinski definition) is 4. The van der Waals surface area contributed by atoms with Gasteiger partial charge in [0.1, 0.15) is 10.6 Å². The maximum Gasteiger partial charge on any atom is 0.246 e. The highest BCUT2D eigenvalue weighted by Crippen LogP contribution is 2.36. The molecule has 1 aliphatic heterocycles. The number of hydrogen-bond donors (Lipinski definition) is 1. The van der Waals surface area contributed by atoms with Crippen LogP contribution in [0.3, 0.4) is 0 Å². The molecule has 1 heterocycles. The third kappa shape index (κ3) is 3.42. The van der Waals surface area contributed by atoms with Crippen molar-refractivity contribution in [1.29, 1.82) is 0 Å². The zero-order valence-corrected chi connectivity index (χ0v) is 15.6. The predicted octanol–water partition coefficient (Wildman–Crippen LogP) is 2.22. The lowest BCUT2D eigenvalue weighted by Gasteiger charge is -2.22. The van der Waals surface area contributed by atoms with Crippen molar-refractivity contribution in [3.05, 3.63) is 59.2 Å². The molecule has 1 aliphatic rings. The molecule has 1 N–H and O–H groups in total. The van der Waals surface area contributed by atoms with Crippen LogP contribution in [0.4, 0.5) is 0 Å². The minimum absolute atomic E-state index is 0.112. The Morgan fingerprint density at radius 1 is 1.16 bits per heavy atom. The van der Waals surface area contributed by atoms with Crippen molar-refractivity contribution >= 4 is 10.0 Å². The predicted molar refractivity (Wildman–Crippen MR) is 98.7 cm³/mol. The first-order valence-electron chi connectivity index (χ1n) is 8.34. The maximum atomic E-state index is 12.8. The van der Waals surface area contributed by atoms with Gasteiger partial charge in [0.2, 0.25) is 10.0 Å². The van der Waals surface area contributed by atoms with Crippen LogP contribution >= 0.6 is 0 Å². The number of benzene rings is 2. The van der Waals surface area contributed by atoms with Crippen LogP contribution in [0, 0.1) is 0 Å². The first kappa shape index (κ1) is 17.9. The van der Waals surface area contributed by atoms with Gasteiger partial charge in [-0.1, -0.05) is 30.3 Å². The monoisotopic (exact) mass is 360 g/mol. The summed E-state index contributed by atoms with van der Waals surface area (Å²) in [7, 11) is 1.01. The third-order valence-corrected chi connectivity index (χ3v) is 6.52. The van der Waals surface area contributed by atoms with Crippen molar-refractivity contribution < 1.29 is 13.2 Å². The Hall–Kier alpha value is -1.89. The Labute approximate surface area is 149 Å². The highest BCUT2D eigenvalue weighted by Gasteiger charge is 2.28. The lowest BCUT2D eigenvalue weighted by molar-refractivity contribution is 0.399. The second-order valence-electron chi connectivity index (χ2n) is 6.41. The highest BCUT2D eigenvalue weighted by atomic mass is 32.2. The molecule has 3 rings (SSSR count). The van der Waals surface area contributed by atoms with Crippen LogP contribution in [0.25, 0.3) is 0 Å². The number of fused-ring (bicyclic) bond motifs is 1. The van der Waals surface area contributed by atoms with Crippen LogP contribution in [-0.4, -0.2) is 47.0 Å². The first-order chi connectivity index (χ1) is 11.9. The minimum atomic E-state index is -3.58. The molecule has 0 aliphatic carbocycles. The van der Waals surface area contributed by atoms with E-state index in [0.717, 1.165) is 30.6 Å². The molecule has 134 valence electrons. The van der Waals surface area contributed by atoms with Crippen LogP contribution in [0.1, 0.15) is 22.6 Å². The summed E-state index contributed by atoms with van der Waals surface area (Å²) in [5, 5.41) is 3.46. The fraction of sp³-hybridized carbons (Fsp3) is 0.368. The van der Waals surface area contributed by atoms with Crippen LogP contribution < -0.4 is 10.1 Å². The summed E-state index contributed by atoms with van der Waals surface area (Å²) in [6.45, 7) is 1.64. The Morgan fingerprint density at radius 3 is 2.52 bits per heavy atom. The fourth-order valence-electron chi connectivity index (χ4n) is 3.28. The van der Waals surface area contributed by atoms with E-state index in [4.69, 9.17) is 4.74 Å². The lowest BCUT2D eigenvalue weighted by Crippen LogP contribution is -2.24. The molecule has 1 unspecified atom stereocenters. The van der Waals surface area contributed by atoms with Gasteiger partial charge in [0.05, 0.1) is 7.11 Å². The molecule has 6 heteroatoms. The van der Waals surface area contributed by atoms with E-state index in [-0.39, 0.29) is 10.8 Å². The van der Waals surface area contributed by atoms with E-state index in [1.165, 1.54) is 31.1 Å².